The zero-order valence-corrected chi connectivity index (χ0v) is 79.8. The van der Waals surface area contributed by atoms with Crippen molar-refractivity contribution in [2.24, 2.45) is 0 Å². The lowest BCUT2D eigenvalue weighted by atomic mass is 9.82. The highest BCUT2D eigenvalue weighted by Gasteiger charge is 2.42. The third kappa shape index (κ3) is 14.5. The lowest BCUT2D eigenvalue weighted by Crippen LogP contribution is -2.16. The third-order valence-electron chi connectivity index (χ3n) is 29.4. The molecule has 0 atom stereocenters. The molecule has 3 aromatic heterocycles. The number of nitrogens with zero attached hydrogens (tertiary/aromatic N) is 3. The first-order valence-corrected chi connectivity index (χ1v) is 49.8. The van der Waals surface area contributed by atoms with Gasteiger partial charge in [-0.15, -0.1) is 22.7 Å². The molecule has 0 aliphatic heterocycles. The Morgan fingerprint density at radius 2 is 0.540 bits per heavy atom. The number of hydrogen-bond acceptors (Lipinski definition) is 6. The molecule has 0 amide bonds. The second-order valence-electron chi connectivity index (χ2n) is 38.5. The van der Waals surface area contributed by atoms with Gasteiger partial charge in [0, 0.05) is 97.8 Å². The van der Waals surface area contributed by atoms with Crippen LogP contribution in [-0.2, 0) is 16.2 Å². The molecule has 0 radical (unpaired) electrons. The Balaban J connectivity index is 0.000000110. The van der Waals surface area contributed by atoms with Crippen LogP contribution in [0.25, 0.3) is 162 Å². The van der Waals surface area contributed by atoms with Gasteiger partial charge in [0.1, 0.15) is 11.2 Å². The molecular formula is C133H97N3OS2. The van der Waals surface area contributed by atoms with E-state index in [1.165, 1.54) is 196 Å². The number of rotatable bonds is 14. The van der Waals surface area contributed by atoms with Crippen LogP contribution < -0.4 is 14.7 Å². The summed E-state index contributed by atoms with van der Waals surface area (Å²) in [6, 6.07) is 174. The van der Waals surface area contributed by atoms with Gasteiger partial charge in [0.25, 0.3) is 0 Å². The van der Waals surface area contributed by atoms with Crippen LogP contribution in [0.1, 0.15) is 74.9 Å². The first-order valence-electron chi connectivity index (χ1n) is 48.2. The molecule has 4 nitrogen and oxygen atoms in total. The number of para-hydroxylation sites is 2. The van der Waals surface area contributed by atoms with E-state index in [0.717, 1.165) is 51.0 Å². The van der Waals surface area contributed by atoms with Crippen molar-refractivity contribution >= 4 is 147 Å². The van der Waals surface area contributed by atoms with E-state index in [1.807, 2.05) is 28.7 Å². The molecule has 21 aromatic carbocycles. The minimum Gasteiger partial charge on any atom is -0.456 e. The van der Waals surface area contributed by atoms with Gasteiger partial charge in [-0.2, -0.15) is 0 Å². The van der Waals surface area contributed by atoms with E-state index >= 15 is 0 Å². The topological polar surface area (TPSA) is 22.9 Å². The number of anilines is 9. The molecule has 0 fully saturated rings. The fourth-order valence-electron chi connectivity index (χ4n) is 22.5. The van der Waals surface area contributed by atoms with Crippen LogP contribution in [0.5, 0.6) is 0 Å². The summed E-state index contributed by atoms with van der Waals surface area (Å²) in [4.78, 5) is 7.23. The Morgan fingerprint density at radius 1 is 0.194 bits per heavy atom. The van der Waals surface area contributed by atoms with Crippen LogP contribution in [0.4, 0.5) is 51.2 Å². The molecule has 0 saturated carbocycles. The van der Waals surface area contributed by atoms with Gasteiger partial charge >= 0.3 is 0 Å². The molecule has 24 aromatic rings. The largest absolute Gasteiger partial charge is 0.456 e. The molecule has 0 spiro atoms. The zero-order chi connectivity index (χ0) is 93.2. The van der Waals surface area contributed by atoms with Crippen LogP contribution in [0.15, 0.2) is 484 Å². The van der Waals surface area contributed by atoms with Crippen LogP contribution >= 0.6 is 22.7 Å². The molecule has 139 heavy (non-hydrogen) atoms. The van der Waals surface area contributed by atoms with E-state index in [9.17, 15) is 0 Å². The average Bonchev–Trinajstić information content (AvgIpc) is 1.56. The summed E-state index contributed by atoms with van der Waals surface area (Å²) in [5.41, 5.74) is 40.6. The summed E-state index contributed by atoms with van der Waals surface area (Å²) in [5, 5.41) is 10.2. The molecule has 0 unspecified atom stereocenters. The molecule has 27 rings (SSSR count). The van der Waals surface area contributed by atoms with Crippen molar-refractivity contribution in [2.75, 3.05) is 14.7 Å². The first-order chi connectivity index (χ1) is 68.2. The highest BCUT2D eigenvalue weighted by atomic mass is 32.1. The lowest BCUT2D eigenvalue weighted by Gasteiger charge is -2.28. The Bertz CT molecular complexity index is 8680. The van der Waals surface area contributed by atoms with Crippen LogP contribution in [0.2, 0.25) is 0 Å². The van der Waals surface area contributed by atoms with Crippen LogP contribution in [0, 0.1) is 0 Å². The predicted octanol–water partition coefficient (Wildman–Crippen LogP) is 38.5. The van der Waals surface area contributed by atoms with Crippen molar-refractivity contribution in [1.29, 1.82) is 0 Å². The van der Waals surface area contributed by atoms with E-state index in [2.05, 4.69) is 529 Å². The molecule has 0 saturated heterocycles. The third-order valence-corrected chi connectivity index (χ3v) is 31.9. The standard InChI is InChI=1S/C45H33NO.C45H33NS.C43H31NS/c1-45(2)39-27-28-42-44(38-15-9-10-16-41(38)47-42)43(39)37-26-25-36(29-40(37)45)46(34-21-17-32(18-22-34)30-11-5-3-6-12-30)35-23-19-33(20-24-35)31-13-7-4-8-14-31;1-45(2)40-18-10-9-16-36(40)37-28-29-39-38-17-11-19-41(43(38)47-44(39)42(37)45)46(34-24-20-32(21-25-34)30-12-5-3-6-13-30)35-26-22-33(23-27-35)31-14-7-4-8-15-31;1-43(2)38-17-9-8-15-34(38)35-25-26-37-36-16-10-18-39(41(36)45-42(37)40(35)43)44(32-13-4-3-5-14-32)33-23-21-29(22-24-33)31-20-19-28-11-6-7-12-30(28)27-31/h2*3-29H,1-2H3;3-27H,1-2H3. The van der Waals surface area contributed by atoms with E-state index in [4.69, 9.17) is 4.42 Å². The summed E-state index contributed by atoms with van der Waals surface area (Å²) >= 11 is 3.89. The summed E-state index contributed by atoms with van der Waals surface area (Å²) in [5.74, 6) is 0. The fourth-order valence-corrected chi connectivity index (χ4v) is 25.5. The van der Waals surface area contributed by atoms with Gasteiger partial charge in [0.2, 0.25) is 0 Å². The van der Waals surface area contributed by atoms with Gasteiger partial charge in [-0.25, -0.2) is 0 Å². The number of hydrogen-bond donors (Lipinski definition) is 0. The molecule has 662 valence electrons. The normalized spacial score (nSPS) is 13.1. The quantitative estimate of drug-likeness (QED) is 0.108. The minimum atomic E-state index is -0.173. The Hall–Kier alpha value is -16.5. The summed E-state index contributed by atoms with van der Waals surface area (Å²) in [6.07, 6.45) is 0. The molecular weight excluding hydrogens is 1720 g/mol. The summed E-state index contributed by atoms with van der Waals surface area (Å²) < 4.78 is 11.7. The minimum absolute atomic E-state index is 0.0514. The Labute approximate surface area is 819 Å². The molecule has 6 heteroatoms. The number of benzene rings is 21. The SMILES string of the molecule is CC1(C)c2cc(N(c3ccc(-c4ccccc4)cc3)c3ccc(-c4ccccc4)cc3)ccc2-c2c1ccc1oc3ccccc3c21.CC1(C)c2ccccc2-c2ccc3c(sc4c(N(c5ccc(-c6ccccc6)cc5)c5ccc(-c6ccccc6)cc5)cccc43)c21.CC1(C)c2ccccc2-c2ccc3c(sc4c(N(c5ccccc5)c5ccc(-c6ccc7ccccc7c6)cc5)cccc43)c21. The Morgan fingerprint density at radius 3 is 1.00 bits per heavy atom. The maximum absolute atomic E-state index is 6.31. The van der Waals surface area contributed by atoms with Crippen LogP contribution in [0.3, 0.4) is 0 Å². The zero-order valence-electron chi connectivity index (χ0n) is 78.2. The van der Waals surface area contributed by atoms with Gasteiger partial charge in [0.05, 0.1) is 20.8 Å². The maximum atomic E-state index is 6.31. The second-order valence-corrected chi connectivity index (χ2v) is 40.5. The van der Waals surface area contributed by atoms with E-state index in [1.54, 1.807) is 0 Å². The van der Waals surface area contributed by atoms with Crippen molar-refractivity contribution in [3.8, 4) is 89.0 Å². The van der Waals surface area contributed by atoms with Crippen molar-refractivity contribution in [2.45, 2.75) is 57.8 Å². The van der Waals surface area contributed by atoms with E-state index in [0.29, 0.717) is 0 Å². The monoisotopic (exact) mass is 1820 g/mol. The number of thiophene rings is 2. The van der Waals surface area contributed by atoms with E-state index < -0.39 is 0 Å². The lowest BCUT2D eigenvalue weighted by molar-refractivity contribution is 0.656. The van der Waals surface area contributed by atoms with Crippen molar-refractivity contribution < 1.29 is 4.42 Å². The van der Waals surface area contributed by atoms with Gasteiger partial charge in [-0.3, -0.25) is 0 Å². The van der Waals surface area contributed by atoms with Crippen molar-refractivity contribution in [1.82, 2.24) is 0 Å². The molecule has 0 N–H and O–H groups in total. The number of fused-ring (bicyclic) bond motifs is 22. The average molecular weight is 1820 g/mol. The highest BCUT2D eigenvalue weighted by molar-refractivity contribution is 7.27. The highest BCUT2D eigenvalue weighted by Crippen LogP contribution is 2.60. The van der Waals surface area contributed by atoms with Crippen molar-refractivity contribution in [3.63, 3.8) is 0 Å². The summed E-state index contributed by atoms with van der Waals surface area (Å²) in [7, 11) is 0. The maximum Gasteiger partial charge on any atom is 0.136 e. The molecule has 3 aliphatic rings. The molecule has 0 bridgehead atoms. The van der Waals surface area contributed by atoms with Crippen molar-refractivity contribution in [3.05, 3.63) is 513 Å². The second kappa shape index (κ2) is 34.1. The number of furan rings is 1. The van der Waals surface area contributed by atoms with E-state index in [-0.39, 0.29) is 16.2 Å². The Kier molecular flexibility index (Phi) is 20.7. The van der Waals surface area contributed by atoms with Gasteiger partial charge in [-0.1, -0.05) is 406 Å². The fraction of sp³-hybridized carbons (Fsp3) is 0.0677. The van der Waals surface area contributed by atoms with Gasteiger partial charge < -0.3 is 19.1 Å². The smallest absolute Gasteiger partial charge is 0.136 e. The first kappa shape index (κ1) is 84.3. The summed E-state index contributed by atoms with van der Waals surface area (Å²) in [6.45, 7) is 14.2. The van der Waals surface area contributed by atoms with Gasteiger partial charge in [-0.05, 0) is 248 Å². The molecule has 3 aliphatic carbocycles. The predicted molar refractivity (Wildman–Crippen MR) is 594 cm³/mol. The van der Waals surface area contributed by atoms with Crippen LogP contribution in [-0.4, -0.2) is 0 Å². The molecule has 3 heterocycles. The van der Waals surface area contributed by atoms with Gasteiger partial charge in [0.15, 0.2) is 0 Å².